The molecule has 1 aromatic carbocycles. The largest absolute Gasteiger partial charge is 0.367 e. The summed E-state index contributed by atoms with van der Waals surface area (Å²) < 4.78 is 15.4. The number of hydrogen-bond acceptors (Lipinski definition) is 6. The molecule has 1 unspecified atom stereocenters. The van der Waals surface area contributed by atoms with Crippen LogP contribution >= 0.6 is 0 Å². The molecule has 2 aliphatic rings. The Labute approximate surface area is 231 Å². The van der Waals surface area contributed by atoms with E-state index >= 15 is 0 Å². The second-order valence-corrected chi connectivity index (χ2v) is 11.9. The zero-order chi connectivity index (χ0) is 27.5. The minimum Gasteiger partial charge on any atom is -0.367 e. The lowest BCUT2D eigenvalue weighted by Crippen LogP contribution is -2.48. The van der Waals surface area contributed by atoms with Crippen LogP contribution < -0.4 is 15.5 Å². The lowest BCUT2D eigenvalue weighted by atomic mass is 10.0. The Morgan fingerprint density at radius 1 is 1.13 bits per heavy atom. The third-order valence-electron chi connectivity index (χ3n) is 7.47. The smallest absolute Gasteiger partial charge is 0.261 e. The molecule has 0 spiro atoms. The summed E-state index contributed by atoms with van der Waals surface area (Å²) in [4.78, 5) is 28.6. The van der Waals surface area contributed by atoms with Crippen molar-refractivity contribution in [3.8, 4) is 0 Å². The van der Waals surface area contributed by atoms with Gasteiger partial charge in [-0.2, -0.15) is 10.2 Å². The van der Waals surface area contributed by atoms with Crippen molar-refractivity contribution >= 4 is 39.8 Å². The molecular weight excluding hydrogens is 514 g/mol. The van der Waals surface area contributed by atoms with Gasteiger partial charge in [0, 0.05) is 60.5 Å². The molecule has 2 amide bonds. The molecule has 39 heavy (non-hydrogen) atoms. The van der Waals surface area contributed by atoms with Gasteiger partial charge in [-0.25, -0.2) is 4.68 Å². The number of carbonyl (C=O) groups excluding carboxylic acids is 2. The molecule has 208 valence electrons. The minimum atomic E-state index is -1.29. The van der Waals surface area contributed by atoms with Crippen LogP contribution in [0.15, 0.2) is 36.7 Å². The lowest BCUT2D eigenvalue weighted by molar-refractivity contribution is -0.113. The van der Waals surface area contributed by atoms with Crippen molar-refractivity contribution < 1.29 is 13.8 Å². The first kappa shape index (κ1) is 27.1. The van der Waals surface area contributed by atoms with Crippen molar-refractivity contribution in [2.45, 2.75) is 58.5 Å². The van der Waals surface area contributed by atoms with Crippen molar-refractivity contribution in [3.63, 3.8) is 0 Å². The fraction of sp³-hybridized carbons (Fsp3) is 0.500. The van der Waals surface area contributed by atoms with Gasteiger partial charge in [0.15, 0.2) is 0 Å². The summed E-state index contributed by atoms with van der Waals surface area (Å²) in [5.74, 6) is 0.245. The first-order valence-electron chi connectivity index (χ1n) is 13.7. The summed E-state index contributed by atoms with van der Waals surface area (Å²) in [6.07, 6.45) is 9.97. The van der Waals surface area contributed by atoms with Crippen LogP contribution in [0.25, 0.3) is 0 Å². The summed E-state index contributed by atoms with van der Waals surface area (Å²) in [5.41, 5.74) is 3.91. The predicted molar refractivity (Wildman–Crippen MR) is 154 cm³/mol. The number of aryl methyl sites for hydroxylation is 3. The van der Waals surface area contributed by atoms with E-state index in [9.17, 15) is 13.8 Å². The van der Waals surface area contributed by atoms with E-state index in [4.69, 9.17) is 5.10 Å². The van der Waals surface area contributed by atoms with Crippen LogP contribution in [0.1, 0.15) is 60.8 Å². The molecule has 3 aromatic rings. The third kappa shape index (κ3) is 6.24. The van der Waals surface area contributed by atoms with Crippen molar-refractivity contribution in [1.29, 1.82) is 0 Å². The molecule has 10 nitrogen and oxygen atoms in total. The van der Waals surface area contributed by atoms with Crippen LogP contribution in [0, 0.1) is 5.92 Å². The van der Waals surface area contributed by atoms with Crippen molar-refractivity contribution in [3.05, 3.63) is 53.5 Å². The van der Waals surface area contributed by atoms with Crippen LogP contribution in [0.2, 0.25) is 0 Å². The van der Waals surface area contributed by atoms with Crippen molar-refractivity contribution in [1.82, 2.24) is 19.6 Å². The Hall–Kier alpha value is -3.47. The van der Waals surface area contributed by atoms with Crippen molar-refractivity contribution in [2.75, 3.05) is 40.6 Å². The Balaban J connectivity index is 1.36. The van der Waals surface area contributed by atoms with Gasteiger partial charge < -0.3 is 15.5 Å². The number of rotatable bonds is 12. The Bertz CT molecular complexity index is 1360. The van der Waals surface area contributed by atoms with Gasteiger partial charge in [0.05, 0.1) is 11.7 Å². The van der Waals surface area contributed by atoms with Crippen LogP contribution in [0.3, 0.4) is 0 Å². The maximum Gasteiger partial charge on any atom is 0.261 e. The summed E-state index contributed by atoms with van der Waals surface area (Å²) >= 11 is 0. The van der Waals surface area contributed by atoms with E-state index in [2.05, 4.69) is 33.6 Å². The average molecular weight is 552 g/mol. The first-order chi connectivity index (χ1) is 18.9. The number of benzene rings is 1. The van der Waals surface area contributed by atoms with Crippen LogP contribution in [-0.2, 0) is 35.0 Å². The minimum absolute atomic E-state index is 0.129. The second-order valence-electron chi connectivity index (χ2n) is 10.4. The average Bonchev–Trinajstić information content (AvgIpc) is 3.42. The number of aromatic nitrogens is 4. The molecule has 1 saturated heterocycles. The molecule has 1 aliphatic carbocycles. The molecule has 1 atom stereocenters. The maximum absolute atomic E-state index is 13.7. The molecule has 2 aromatic heterocycles. The molecule has 1 saturated carbocycles. The molecule has 11 heteroatoms. The van der Waals surface area contributed by atoms with E-state index in [1.807, 2.05) is 36.0 Å². The third-order valence-corrected chi connectivity index (χ3v) is 8.14. The quantitative estimate of drug-likeness (QED) is 0.355. The monoisotopic (exact) mass is 551 g/mol. The van der Waals surface area contributed by atoms with Crippen LogP contribution in [0.4, 0.5) is 17.2 Å². The van der Waals surface area contributed by atoms with E-state index in [1.165, 1.54) is 19.1 Å². The van der Waals surface area contributed by atoms with Gasteiger partial charge in [0.25, 0.3) is 5.91 Å². The van der Waals surface area contributed by atoms with E-state index in [-0.39, 0.29) is 17.6 Å². The standard InChI is InChI=1S/C28H37N7O3S/c1-4-20-15-21(33-16-22(17-33)34-13-6-12-29-34)9-10-24(20)30-28(37)26-23(5-2)32-35(14-11-19-7-8-19)27(26)31-25(36)18-39(3)38/h6,9-10,12-13,15,19,22H,4-5,7-8,11,14,16-18H2,1-3H3,(H,30,37)(H,31,36). The molecule has 2 fully saturated rings. The van der Waals surface area contributed by atoms with Gasteiger partial charge >= 0.3 is 0 Å². The topological polar surface area (TPSA) is 114 Å². The van der Waals surface area contributed by atoms with Gasteiger partial charge in [-0.1, -0.05) is 26.7 Å². The van der Waals surface area contributed by atoms with E-state index < -0.39 is 10.8 Å². The zero-order valence-electron chi connectivity index (χ0n) is 22.9. The highest BCUT2D eigenvalue weighted by molar-refractivity contribution is 7.85. The van der Waals surface area contributed by atoms with Gasteiger partial charge in [-0.15, -0.1) is 0 Å². The number of amides is 2. The molecule has 5 rings (SSSR count). The molecule has 0 bridgehead atoms. The zero-order valence-corrected chi connectivity index (χ0v) is 23.7. The summed E-state index contributed by atoms with van der Waals surface area (Å²) in [7, 11) is -1.29. The van der Waals surface area contributed by atoms with Gasteiger partial charge in [-0.3, -0.25) is 18.5 Å². The van der Waals surface area contributed by atoms with E-state index in [0.29, 0.717) is 42.0 Å². The summed E-state index contributed by atoms with van der Waals surface area (Å²) in [6, 6.07) is 8.43. The number of anilines is 3. The highest BCUT2D eigenvalue weighted by atomic mass is 32.2. The number of nitrogens with zero attached hydrogens (tertiary/aromatic N) is 5. The lowest BCUT2D eigenvalue weighted by Gasteiger charge is -2.41. The maximum atomic E-state index is 13.7. The molecule has 3 heterocycles. The highest BCUT2D eigenvalue weighted by Gasteiger charge is 2.30. The first-order valence-corrected chi connectivity index (χ1v) is 15.5. The van der Waals surface area contributed by atoms with Gasteiger partial charge in [0.1, 0.15) is 17.1 Å². The number of carbonyl (C=O) groups is 2. The summed E-state index contributed by atoms with van der Waals surface area (Å²) in [5, 5.41) is 15.0. The Morgan fingerprint density at radius 2 is 1.92 bits per heavy atom. The normalized spacial score (nSPS) is 16.1. The summed E-state index contributed by atoms with van der Waals surface area (Å²) in [6.45, 7) is 6.43. The van der Waals surface area contributed by atoms with Gasteiger partial charge in [-0.05, 0) is 55.0 Å². The Morgan fingerprint density at radius 3 is 2.56 bits per heavy atom. The predicted octanol–water partition coefficient (Wildman–Crippen LogP) is 3.64. The van der Waals surface area contributed by atoms with Crippen LogP contribution in [-0.4, -0.2) is 60.7 Å². The molecule has 2 N–H and O–H groups in total. The fourth-order valence-electron chi connectivity index (χ4n) is 5.06. The van der Waals surface area contributed by atoms with Gasteiger partial charge in [0.2, 0.25) is 5.91 Å². The SMILES string of the molecule is CCc1cc(N2CC(n3cccn3)C2)ccc1NC(=O)c1c(CC)nn(CCC2CC2)c1NC(=O)CS(C)=O. The number of hydrogen-bond donors (Lipinski definition) is 2. The Kier molecular flexibility index (Phi) is 8.15. The van der Waals surface area contributed by atoms with Crippen molar-refractivity contribution in [2.24, 2.45) is 5.92 Å². The fourth-order valence-corrected chi connectivity index (χ4v) is 5.50. The molecular formula is C28H37N7O3S. The van der Waals surface area contributed by atoms with E-state index in [1.54, 1.807) is 10.9 Å². The highest BCUT2D eigenvalue weighted by Crippen LogP contribution is 2.34. The van der Waals surface area contributed by atoms with Crippen LogP contribution in [0.5, 0.6) is 0 Å². The molecule has 1 aliphatic heterocycles. The van der Waals surface area contributed by atoms with E-state index in [0.717, 1.165) is 42.9 Å². The molecule has 0 radical (unpaired) electrons. The second kappa shape index (κ2) is 11.7. The number of nitrogens with one attached hydrogen (secondary N) is 2.